The average Bonchev–Trinajstić information content (AvgIpc) is 2.45. The maximum absolute atomic E-state index is 12.6. The Morgan fingerprint density at radius 2 is 1.70 bits per heavy atom. The van der Waals surface area contributed by atoms with Crippen molar-refractivity contribution in [1.29, 1.82) is 0 Å². The number of carbonyl (C=O) groups is 1. The summed E-state index contributed by atoms with van der Waals surface area (Å²) < 4.78 is 11.5. The molecule has 1 heterocycles. The minimum Gasteiger partial charge on any atom is -0.481 e. The fourth-order valence-electron chi connectivity index (χ4n) is 2.90. The molecule has 2 rings (SSSR count). The number of ether oxygens (including phenoxy) is 2. The van der Waals surface area contributed by atoms with E-state index in [0.29, 0.717) is 13.1 Å². The first-order valence-corrected chi connectivity index (χ1v) is 8.38. The molecule has 1 saturated heterocycles. The van der Waals surface area contributed by atoms with Gasteiger partial charge in [-0.1, -0.05) is 32.9 Å². The molecule has 1 amide bonds. The summed E-state index contributed by atoms with van der Waals surface area (Å²) in [4.78, 5) is 14.4. The zero-order valence-electron chi connectivity index (χ0n) is 15.1. The van der Waals surface area contributed by atoms with Gasteiger partial charge in [0, 0.05) is 13.1 Å². The Morgan fingerprint density at radius 1 is 1.17 bits per heavy atom. The molecule has 3 atom stereocenters. The van der Waals surface area contributed by atoms with Gasteiger partial charge in [-0.15, -0.1) is 0 Å². The number of nitrogens with zero attached hydrogens (tertiary/aromatic N) is 1. The third-order valence-electron chi connectivity index (χ3n) is 4.11. The van der Waals surface area contributed by atoms with E-state index in [2.05, 4.69) is 32.9 Å². The molecule has 0 spiro atoms. The van der Waals surface area contributed by atoms with Crippen molar-refractivity contribution in [3.63, 3.8) is 0 Å². The Bertz CT molecular complexity index is 523. The second kappa shape index (κ2) is 6.91. The molecule has 0 unspecified atom stereocenters. The van der Waals surface area contributed by atoms with Gasteiger partial charge in [0.15, 0.2) is 6.10 Å². The van der Waals surface area contributed by atoms with E-state index in [0.717, 1.165) is 5.75 Å². The number of hydrogen-bond donors (Lipinski definition) is 0. The number of rotatable bonds is 3. The highest BCUT2D eigenvalue weighted by Gasteiger charge is 2.29. The van der Waals surface area contributed by atoms with Crippen LogP contribution >= 0.6 is 0 Å². The standard InChI is InChI=1S/C19H29NO3/c1-13-11-20(12-14(2)22-13)18(21)15(3)23-17-9-7-16(8-10-17)19(4,5)6/h7-10,13-15H,11-12H2,1-6H3/t13-,14-,15-/m0/s1. The molecule has 23 heavy (non-hydrogen) atoms. The summed E-state index contributed by atoms with van der Waals surface area (Å²) in [6.45, 7) is 13.6. The van der Waals surface area contributed by atoms with E-state index in [4.69, 9.17) is 9.47 Å². The van der Waals surface area contributed by atoms with E-state index in [1.165, 1.54) is 5.56 Å². The van der Waals surface area contributed by atoms with Gasteiger partial charge in [-0.2, -0.15) is 0 Å². The van der Waals surface area contributed by atoms with Crippen LogP contribution in [-0.4, -0.2) is 42.2 Å². The predicted molar refractivity (Wildman–Crippen MR) is 91.8 cm³/mol. The summed E-state index contributed by atoms with van der Waals surface area (Å²) in [6.07, 6.45) is -0.352. The highest BCUT2D eigenvalue weighted by Crippen LogP contribution is 2.25. The lowest BCUT2D eigenvalue weighted by molar-refractivity contribution is -0.149. The Morgan fingerprint density at radius 3 is 2.17 bits per heavy atom. The van der Waals surface area contributed by atoms with Crippen molar-refractivity contribution in [3.8, 4) is 5.75 Å². The van der Waals surface area contributed by atoms with Crippen molar-refractivity contribution in [2.24, 2.45) is 0 Å². The first-order valence-electron chi connectivity index (χ1n) is 8.38. The smallest absolute Gasteiger partial charge is 0.263 e. The van der Waals surface area contributed by atoms with E-state index in [1.54, 1.807) is 0 Å². The number of hydrogen-bond acceptors (Lipinski definition) is 3. The Labute approximate surface area is 139 Å². The lowest BCUT2D eigenvalue weighted by atomic mass is 9.87. The largest absolute Gasteiger partial charge is 0.481 e. The lowest BCUT2D eigenvalue weighted by Crippen LogP contribution is -2.51. The molecule has 128 valence electrons. The molecular formula is C19H29NO3. The van der Waals surface area contributed by atoms with Crippen LogP contribution in [0, 0.1) is 0 Å². The quantitative estimate of drug-likeness (QED) is 0.857. The van der Waals surface area contributed by atoms with Crippen LogP contribution in [0.1, 0.15) is 47.1 Å². The van der Waals surface area contributed by atoms with Crippen molar-refractivity contribution in [1.82, 2.24) is 4.90 Å². The summed E-state index contributed by atoms with van der Waals surface area (Å²) >= 11 is 0. The highest BCUT2D eigenvalue weighted by atomic mass is 16.5. The number of amides is 1. The molecular weight excluding hydrogens is 290 g/mol. The molecule has 0 bridgehead atoms. The highest BCUT2D eigenvalue weighted by molar-refractivity contribution is 5.81. The van der Waals surface area contributed by atoms with E-state index in [1.807, 2.05) is 37.8 Å². The van der Waals surface area contributed by atoms with E-state index < -0.39 is 6.10 Å². The Balaban J connectivity index is 1.98. The van der Waals surface area contributed by atoms with Crippen molar-refractivity contribution in [2.75, 3.05) is 13.1 Å². The molecule has 0 N–H and O–H groups in total. The molecule has 0 aromatic heterocycles. The number of carbonyl (C=O) groups excluding carboxylic acids is 1. The molecule has 0 radical (unpaired) electrons. The van der Waals surface area contributed by atoms with Gasteiger partial charge in [0.05, 0.1) is 12.2 Å². The summed E-state index contributed by atoms with van der Waals surface area (Å²) in [5.74, 6) is 0.750. The maximum atomic E-state index is 12.6. The second-order valence-corrected chi connectivity index (χ2v) is 7.53. The van der Waals surface area contributed by atoms with Crippen LogP contribution in [0.25, 0.3) is 0 Å². The molecule has 1 aromatic rings. The zero-order valence-corrected chi connectivity index (χ0v) is 15.1. The SMILES string of the molecule is C[C@H](Oc1ccc(C(C)(C)C)cc1)C(=O)N1C[C@H](C)O[C@@H](C)C1. The number of morpholine rings is 1. The van der Waals surface area contributed by atoms with E-state index in [9.17, 15) is 4.79 Å². The van der Waals surface area contributed by atoms with Crippen LogP contribution in [0.15, 0.2) is 24.3 Å². The van der Waals surface area contributed by atoms with Gasteiger partial charge in [-0.25, -0.2) is 0 Å². The molecule has 1 fully saturated rings. The summed E-state index contributed by atoms with van der Waals surface area (Å²) in [5.41, 5.74) is 1.36. The van der Waals surface area contributed by atoms with Crippen molar-refractivity contribution in [3.05, 3.63) is 29.8 Å². The molecule has 0 aliphatic carbocycles. The topological polar surface area (TPSA) is 38.8 Å². The second-order valence-electron chi connectivity index (χ2n) is 7.53. The van der Waals surface area contributed by atoms with E-state index >= 15 is 0 Å². The molecule has 0 saturated carbocycles. The predicted octanol–water partition coefficient (Wildman–Crippen LogP) is 3.39. The van der Waals surface area contributed by atoms with Gasteiger partial charge >= 0.3 is 0 Å². The van der Waals surface area contributed by atoms with Crippen molar-refractivity contribution < 1.29 is 14.3 Å². The molecule has 1 aromatic carbocycles. The van der Waals surface area contributed by atoms with Crippen LogP contribution < -0.4 is 4.74 Å². The molecule has 4 nitrogen and oxygen atoms in total. The summed E-state index contributed by atoms with van der Waals surface area (Å²) in [6, 6.07) is 8.00. The van der Waals surface area contributed by atoms with Crippen molar-refractivity contribution in [2.45, 2.75) is 65.3 Å². The first-order chi connectivity index (χ1) is 10.7. The van der Waals surface area contributed by atoms with Crippen LogP contribution in [0.5, 0.6) is 5.75 Å². The monoisotopic (exact) mass is 319 g/mol. The lowest BCUT2D eigenvalue weighted by Gasteiger charge is -2.36. The number of benzene rings is 1. The van der Waals surface area contributed by atoms with Gasteiger partial charge in [0.25, 0.3) is 5.91 Å². The Kier molecular flexibility index (Phi) is 5.35. The van der Waals surface area contributed by atoms with Crippen LogP contribution in [0.3, 0.4) is 0 Å². The fraction of sp³-hybridized carbons (Fsp3) is 0.632. The van der Waals surface area contributed by atoms with Crippen LogP contribution in [0.4, 0.5) is 0 Å². The Hall–Kier alpha value is -1.55. The van der Waals surface area contributed by atoms with Gasteiger partial charge < -0.3 is 14.4 Å². The zero-order chi connectivity index (χ0) is 17.2. The summed E-state index contributed by atoms with van der Waals surface area (Å²) in [7, 11) is 0. The van der Waals surface area contributed by atoms with Gasteiger partial charge in [0.2, 0.25) is 0 Å². The van der Waals surface area contributed by atoms with Crippen LogP contribution in [-0.2, 0) is 14.9 Å². The van der Waals surface area contributed by atoms with Crippen LogP contribution in [0.2, 0.25) is 0 Å². The van der Waals surface area contributed by atoms with E-state index in [-0.39, 0.29) is 23.5 Å². The maximum Gasteiger partial charge on any atom is 0.263 e. The van der Waals surface area contributed by atoms with Gasteiger partial charge in [0.1, 0.15) is 5.75 Å². The summed E-state index contributed by atoms with van der Waals surface area (Å²) in [5, 5.41) is 0. The fourth-order valence-corrected chi connectivity index (χ4v) is 2.90. The van der Waals surface area contributed by atoms with Gasteiger partial charge in [-0.3, -0.25) is 4.79 Å². The third kappa shape index (κ3) is 4.71. The first kappa shape index (κ1) is 17.8. The molecule has 4 heteroatoms. The molecule has 1 aliphatic heterocycles. The average molecular weight is 319 g/mol. The third-order valence-corrected chi connectivity index (χ3v) is 4.11. The minimum absolute atomic E-state index is 0.0203. The van der Waals surface area contributed by atoms with Crippen molar-refractivity contribution >= 4 is 5.91 Å². The normalized spacial score (nSPS) is 23.5. The van der Waals surface area contributed by atoms with Gasteiger partial charge in [-0.05, 0) is 43.9 Å². The minimum atomic E-state index is -0.493. The molecule has 1 aliphatic rings.